The second kappa shape index (κ2) is 9.30. The number of fused-ring (bicyclic) bond motifs is 1. The maximum atomic E-state index is 13.6. The van der Waals surface area contributed by atoms with Crippen LogP contribution in [0.15, 0.2) is 54.2 Å². The van der Waals surface area contributed by atoms with Gasteiger partial charge in [-0.2, -0.15) is 18.4 Å². The summed E-state index contributed by atoms with van der Waals surface area (Å²) in [6.07, 6.45) is -3.77. The Morgan fingerprint density at radius 1 is 1.24 bits per heavy atom. The molecule has 0 aromatic heterocycles. The van der Waals surface area contributed by atoms with Crippen molar-refractivity contribution in [3.63, 3.8) is 0 Å². The number of amides is 2. The quantitative estimate of drug-likeness (QED) is 0.591. The van der Waals surface area contributed by atoms with Crippen LogP contribution in [0.2, 0.25) is 0 Å². The lowest BCUT2D eigenvalue weighted by Gasteiger charge is -2.42. The van der Waals surface area contributed by atoms with E-state index in [0.29, 0.717) is 4.90 Å². The van der Waals surface area contributed by atoms with Gasteiger partial charge in [-0.1, -0.05) is 18.2 Å². The monoisotopic (exact) mass is 461 g/mol. The van der Waals surface area contributed by atoms with Crippen LogP contribution in [0.3, 0.4) is 0 Å². The summed E-state index contributed by atoms with van der Waals surface area (Å²) < 4.78 is 53.8. The molecule has 2 amide bonds. The Labute approximate surface area is 186 Å². The zero-order valence-electron chi connectivity index (χ0n) is 17.1. The van der Waals surface area contributed by atoms with Crippen molar-refractivity contribution in [2.24, 2.45) is 11.5 Å². The number of carbonyl (C=O) groups is 2. The van der Waals surface area contributed by atoms with Gasteiger partial charge in [0.05, 0.1) is 17.5 Å². The molecule has 33 heavy (non-hydrogen) atoms. The molecule has 2 aromatic rings. The number of rotatable bonds is 5. The zero-order chi connectivity index (χ0) is 24.3. The molecule has 11 heteroatoms. The molecule has 3 rings (SSSR count). The lowest BCUT2D eigenvalue weighted by atomic mass is 9.79. The van der Waals surface area contributed by atoms with Crippen molar-refractivity contribution < 1.29 is 27.2 Å². The highest BCUT2D eigenvalue weighted by molar-refractivity contribution is 6.04. The number of hydrogen-bond donors (Lipinski definition) is 3. The maximum Gasteiger partial charge on any atom is 0.406 e. The minimum absolute atomic E-state index is 0.0547. The second-order valence-corrected chi connectivity index (χ2v) is 7.30. The first-order chi connectivity index (χ1) is 15.6. The SMILES string of the molecule is N#Cc1cc(NC(=O)[C@H]2c3ccccc3C(=O)N(CC(F)(F)F)[C@@H]2/C(=C/N)CN)ccc1F. The third kappa shape index (κ3) is 4.80. The molecule has 1 aliphatic rings. The van der Waals surface area contributed by atoms with E-state index in [1.807, 2.05) is 0 Å². The van der Waals surface area contributed by atoms with Crippen molar-refractivity contribution in [3.8, 4) is 6.07 Å². The average molecular weight is 461 g/mol. The normalized spacial score (nSPS) is 18.5. The molecule has 5 N–H and O–H groups in total. The first-order valence-electron chi connectivity index (χ1n) is 9.69. The molecular weight excluding hydrogens is 442 g/mol. The third-order valence-corrected chi connectivity index (χ3v) is 5.25. The van der Waals surface area contributed by atoms with E-state index in [0.717, 1.165) is 18.3 Å². The molecule has 0 saturated heterocycles. The minimum atomic E-state index is -4.76. The Morgan fingerprint density at radius 2 is 1.94 bits per heavy atom. The van der Waals surface area contributed by atoms with Gasteiger partial charge in [0, 0.05) is 17.8 Å². The van der Waals surface area contributed by atoms with E-state index in [1.54, 1.807) is 12.1 Å². The molecule has 0 aliphatic carbocycles. The van der Waals surface area contributed by atoms with Crippen molar-refractivity contribution >= 4 is 17.5 Å². The predicted octanol–water partition coefficient (Wildman–Crippen LogP) is 2.61. The second-order valence-electron chi connectivity index (χ2n) is 7.30. The van der Waals surface area contributed by atoms with Crippen LogP contribution in [0.5, 0.6) is 0 Å². The van der Waals surface area contributed by atoms with E-state index in [2.05, 4.69) is 5.32 Å². The van der Waals surface area contributed by atoms with E-state index in [4.69, 9.17) is 16.7 Å². The Hall–Kier alpha value is -3.91. The number of nitriles is 1. The number of alkyl halides is 3. The van der Waals surface area contributed by atoms with Crippen LogP contribution in [-0.4, -0.2) is 42.0 Å². The van der Waals surface area contributed by atoms with Crippen LogP contribution in [0.1, 0.15) is 27.4 Å². The molecule has 1 heterocycles. The molecule has 0 spiro atoms. The third-order valence-electron chi connectivity index (χ3n) is 5.25. The Bertz CT molecular complexity index is 1160. The minimum Gasteiger partial charge on any atom is -0.405 e. The van der Waals surface area contributed by atoms with Crippen LogP contribution in [0, 0.1) is 17.1 Å². The fourth-order valence-corrected chi connectivity index (χ4v) is 3.85. The maximum absolute atomic E-state index is 13.6. The summed E-state index contributed by atoms with van der Waals surface area (Å²) in [5.41, 5.74) is 11.2. The summed E-state index contributed by atoms with van der Waals surface area (Å²) in [5.74, 6) is -3.81. The van der Waals surface area contributed by atoms with Gasteiger partial charge in [-0.05, 0) is 41.6 Å². The Kier molecular flexibility index (Phi) is 6.69. The van der Waals surface area contributed by atoms with Gasteiger partial charge in [0.25, 0.3) is 5.91 Å². The average Bonchev–Trinajstić information content (AvgIpc) is 2.77. The van der Waals surface area contributed by atoms with Crippen LogP contribution in [0.25, 0.3) is 0 Å². The van der Waals surface area contributed by atoms with Crippen molar-refractivity contribution in [1.82, 2.24) is 4.90 Å². The summed E-state index contributed by atoms with van der Waals surface area (Å²) >= 11 is 0. The van der Waals surface area contributed by atoms with Crippen molar-refractivity contribution in [1.29, 1.82) is 5.26 Å². The van der Waals surface area contributed by atoms with Crippen LogP contribution in [-0.2, 0) is 4.79 Å². The molecule has 7 nitrogen and oxygen atoms in total. The van der Waals surface area contributed by atoms with Crippen LogP contribution < -0.4 is 16.8 Å². The summed E-state index contributed by atoms with van der Waals surface area (Å²) in [5, 5.41) is 11.5. The Morgan fingerprint density at radius 3 is 2.55 bits per heavy atom. The van der Waals surface area contributed by atoms with Crippen molar-refractivity contribution in [2.45, 2.75) is 18.1 Å². The van der Waals surface area contributed by atoms with Gasteiger partial charge >= 0.3 is 6.18 Å². The highest BCUT2D eigenvalue weighted by atomic mass is 19.4. The molecule has 172 valence electrons. The van der Waals surface area contributed by atoms with E-state index >= 15 is 0 Å². The van der Waals surface area contributed by atoms with Gasteiger partial charge in [0.2, 0.25) is 5.91 Å². The van der Waals surface area contributed by atoms with Crippen LogP contribution in [0.4, 0.5) is 23.2 Å². The number of hydrogen-bond acceptors (Lipinski definition) is 5. The molecule has 0 fully saturated rings. The lowest BCUT2D eigenvalue weighted by molar-refractivity contribution is -0.146. The Balaban J connectivity index is 2.14. The molecule has 0 radical (unpaired) electrons. The van der Waals surface area contributed by atoms with Gasteiger partial charge in [0.1, 0.15) is 18.4 Å². The van der Waals surface area contributed by atoms with Gasteiger partial charge in [0.15, 0.2) is 0 Å². The number of anilines is 1. The fraction of sp³-hybridized carbons (Fsp3) is 0.227. The first-order valence-corrected chi connectivity index (χ1v) is 9.69. The molecule has 0 saturated carbocycles. The van der Waals surface area contributed by atoms with Gasteiger partial charge in [-0.25, -0.2) is 4.39 Å². The topological polar surface area (TPSA) is 125 Å². The van der Waals surface area contributed by atoms with E-state index in [-0.39, 0.29) is 34.5 Å². The number of nitrogens with one attached hydrogen (secondary N) is 1. The summed E-state index contributed by atoms with van der Waals surface area (Å²) in [4.78, 5) is 26.9. The summed E-state index contributed by atoms with van der Waals surface area (Å²) in [6.45, 7) is -1.93. The van der Waals surface area contributed by atoms with Gasteiger partial charge in [-0.15, -0.1) is 0 Å². The van der Waals surface area contributed by atoms with E-state index < -0.39 is 42.3 Å². The molecule has 2 aromatic carbocycles. The van der Waals surface area contributed by atoms with E-state index in [1.165, 1.54) is 24.3 Å². The standard InChI is InChI=1S/C22H19F4N5O2/c23-17-6-5-14(7-12(17)8-27)30-20(32)18-15-3-1-2-4-16(15)21(33)31(11-22(24,25)26)19(18)13(9-28)10-29/h1-7,9,18-19H,10-11,28-29H2,(H,30,32)/b13-9+/t18-,19+/m0/s1. The highest BCUT2D eigenvalue weighted by Crippen LogP contribution is 2.39. The number of benzene rings is 2. The zero-order valence-corrected chi connectivity index (χ0v) is 17.1. The number of nitrogens with zero attached hydrogens (tertiary/aromatic N) is 2. The fourth-order valence-electron chi connectivity index (χ4n) is 3.85. The molecule has 0 bridgehead atoms. The largest absolute Gasteiger partial charge is 0.406 e. The van der Waals surface area contributed by atoms with Crippen molar-refractivity contribution in [3.05, 3.63) is 76.7 Å². The summed E-state index contributed by atoms with van der Waals surface area (Å²) in [7, 11) is 0. The van der Waals surface area contributed by atoms with Gasteiger partial charge < -0.3 is 21.7 Å². The molecule has 1 aliphatic heterocycles. The number of halogens is 4. The molecular formula is C22H19F4N5O2. The smallest absolute Gasteiger partial charge is 0.405 e. The number of carbonyl (C=O) groups excluding carboxylic acids is 2. The predicted molar refractivity (Wildman–Crippen MR) is 111 cm³/mol. The van der Waals surface area contributed by atoms with Crippen LogP contribution >= 0.6 is 0 Å². The van der Waals surface area contributed by atoms with E-state index in [9.17, 15) is 27.2 Å². The summed E-state index contributed by atoms with van der Waals surface area (Å²) in [6, 6.07) is 9.32. The molecule has 2 atom stereocenters. The molecule has 0 unspecified atom stereocenters. The number of nitrogens with two attached hydrogens (primary N) is 2. The van der Waals surface area contributed by atoms with Crippen molar-refractivity contribution in [2.75, 3.05) is 18.4 Å². The lowest BCUT2D eigenvalue weighted by Crippen LogP contribution is -2.55. The van der Waals surface area contributed by atoms with Gasteiger partial charge in [-0.3, -0.25) is 9.59 Å². The highest BCUT2D eigenvalue weighted by Gasteiger charge is 2.48. The first kappa shape index (κ1) is 23.7.